The molecule has 0 aromatic rings. The van der Waals surface area contributed by atoms with Crippen LogP contribution >= 0.6 is 0 Å². The maximum atomic E-state index is 5.65. The first kappa shape index (κ1) is 7.08. The van der Waals surface area contributed by atoms with Crippen molar-refractivity contribution in [3.63, 3.8) is 0 Å². The normalized spacial score (nSPS) is 24.5. The summed E-state index contributed by atoms with van der Waals surface area (Å²) in [7, 11) is 3.43. The van der Waals surface area contributed by atoms with Crippen LogP contribution in [-0.2, 0) is 4.74 Å². The standard InChI is InChI=1S/C6H11N3O/c1-9-4-3-8-6(10-2)5(9)7/h3-5H,7H2,1-2H3/t5-/m1/s1. The molecule has 10 heavy (non-hydrogen) atoms. The monoisotopic (exact) mass is 141 g/mol. The molecule has 0 amide bonds. The van der Waals surface area contributed by atoms with Crippen molar-refractivity contribution in [3.8, 4) is 0 Å². The lowest BCUT2D eigenvalue weighted by Gasteiger charge is -2.25. The van der Waals surface area contributed by atoms with Crippen LogP contribution in [0.15, 0.2) is 17.4 Å². The van der Waals surface area contributed by atoms with Crippen molar-refractivity contribution in [2.24, 2.45) is 10.7 Å². The van der Waals surface area contributed by atoms with Crippen LogP contribution in [0.25, 0.3) is 0 Å². The average Bonchev–Trinajstić information content (AvgIpc) is 1.95. The molecule has 0 aromatic carbocycles. The number of methoxy groups -OCH3 is 1. The Bertz CT molecular complexity index is 176. The lowest BCUT2D eigenvalue weighted by molar-refractivity contribution is 0.311. The number of likely N-dealkylation sites (N-methyl/N-ethyl adjacent to an activating group) is 1. The van der Waals surface area contributed by atoms with E-state index < -0.39 is 0 Å². The van der Waals surface area contributed by atoms with Crippen molar-refractivity contribution in [2.75, 3.05) is 14.2 Å². The molecule has 0 unspecified atom stereocenters. The van der Waals surface area contributed by atoms with Gasteiger partial charge in [0.05, 0.1) is 7.11 Å². The molecule has 2 N–H and O–H groups in total. The zero-order valence-electron chi connectivity index (χ0n) is 6.11. The third-order valence-corrected chi connectivity index (χ3v) is 1.40. The topological polar surface area (TPSA) is 50.8 Å². The minimum Gasteiger partial charge on any atom is -0.482 e. The van der Waals surface area contributed by atoms with Gasteiger partial charge in [-0.2, -0.15) is 0 Å². The second kappa shape index (κ2) is 2.70. The molecule has 1 atom stereocenters. The largest absolute Gasteiger partial charge is 0.482 e. The van der Waals surface area contributed by atoms with Crippen LogP contribution in [0, 0.1) is 0 Å². The van der Waals surface area contributed by atoms with E-state index in [2.05, 4.69) is 4.99 Å². The van der Waals surface area contributed by atoms with Crippen LogP contribution < -0.4 is 5.73 Å². The Morgan fingerprint density at radius 2 is 2.50 bits per heavy atom. The summed E-state index contributed by atoms with van der Waals surface area (Å²) in [6.07, 6.45) is 3.21. The van der Waals surface area contributed by atoms with Gasteiger partial charge < -0.3 is 15.4 Å². The molecular formula is C6H11N3O. The van der Waals surface area contributed by atoms with E-state index in [-0.39, 0.29) is 6.17 Å². The number of hydrogen-bond donors (Lipinski definition) is 1. The van der Waals surface area contributed by atoms with Crippen molar-refractivity contribution < 1.29 is 4.74 Å². The molecule has 0 aromatic heterocycles. The zero-order valence-corrected chi connectivity index (χ0v) is 6.11. The van der Waals surface area contributed by atoms with E-state index in [1.54, 1.807) is 19.5 Å². The fraction of sp³-hybridized carbons (Fsp3) is 0.500. The third-order valence-electron chi connectivity index (χ3n) is 1.40. The second-order valence-corrected chi connectivity index (χ2v) is 2.08. The predicted octanol–water partition coefficient (Wildman–Crippen LogP) is -0.267. The Balaban J connectivity index is 2.71. The predicted molar refractivity (Wildman–Crippen MR) is 39.3 cm³/mol. The van der Waals surface area contributed by atoms with E-state index in [0.29, 0.717) is 5.90 Å². The molecule has 4 nitrogen and oxygen atoms in total. The molecule has 0 aliphatic carbocycles. The Hall–Kier alpha value is -1.03. The summed E-state index contributed by atoms with van der Waals surface area (Å²) < 4.78 is 4.91. The maximum absolute atomic E-state index is 5.65. The van der Waals surface area contributed by atoms with E-state index in [1.807, 2.05) is 11.9 Å². The van der Waals surface area contributed by atoms with E-state index in [9.17, 15) is 0 Å². The smallest absolute Gasteiger partial charge is 0.226 e. The van der Waals surface area contributed by atoms with Crippen LogP contribution in [-0.4, -0.2) is 31.1 Å². The van der Waals surface area contributed by atoms with E-state index in [1.165, 1.54) is 0 Å². The fourth-order valence-corrected chi connectivity index (χ4v) is 0.729. The Morgan fingerprint density at radius 3 is 3.00 bits per heavy atom. The molecule has 0 spiro atoms. The van der Waals surface area contributed by atoms with E-state index >= 15 is 0 Å². The molecule has 0 saturated carbocycles. The molecule has 4 heteroatoms. The minimum atomic E-state index is -0.241. The number of ether oxygens (including phenoxy) is 1. The molecule has 0 radical (unpaired) electrons. The quantitative estimate of drug-likeness (QED) is 0.505. The van der Waals surface area contributed by atoms with Gasteiger partial charge in [0, 0.05) is 19.4 Å². The van der Waals surface area contributed by atoms with Crippen LogP contribution in [0.3, 0.4) is 0 Å². The molecule has 1 heterocycles. The minimum absolute atomic E-state index is 0.241. The van der Waals surface area contributed by atoms with Crippen molar-refractivity contribution in [2.45, 2.75) is 6.17 Å². The second-order valence-electron chi connectivity index (χ2n) is 2.08. The molecule has 0 fully saturated rings. The Kier molecular flexibility index (Phi) is 1.91. The average molecular weight is 141 g/mol. The molecule has 1 aliphatic heterocycles. The summed E-state index contributed by atoms with van der Waals surface area (Å²) in [5.41, 5.74) is 5.65. The fourth-order valence-electron chi connectivity index (χ4n) is 0.729. The van der Waals surface area contributed by atoms with Crippen LogP contribution in [0.2, 0.25) is 0 Å². The van der Waals surface area contributed by atoms with Crippen LogP contribution in [0.1, 0.15) is 0 Å². The van der Waals surface area contributed by atoms with E-state index in [0.717, 1.165) is 0 Å². The Morgan fingerprint density at radius 1 is 1.80 bits per heavy atom. The molecule has 0 bridgehead atoms. The summed E-state index contributed by atoms with van der Waals surface area (Å²) in [5.74, 6) is 0.546. The van der Waals surface area contributed by atoms with Gasteiger partial charge in [0.25, 0.3) is 0 Å². The highest BCUT2D eigenvalue weighted by molar-refractivity contribution is 5.82. The summed E-state index contributed by atoms with van der Waals surface area (Å²) in [4.78, 5) is 5.75. The lowest BCUT2D eigenvalue weighted by Crippen LogP contribution is -2.44. The highest BCUT2D eigenvalue weighted by Crippen LogP contribution is 2.01. The van der Waals surface area contributed by atoms with Crippen molar-refractivity contribution in [3.05, 3.63) is 12.4 Å². The van der Waals surface area contributed by atoms with Gasteiger partial charge in [-0.1, -0.05) is 0 Å². The highest BCUT2D eigenvalue weighted by Gasteiger charge is 2.16. The first-order chi connectivity index (χ1) is 4.75. The Labute approximate surface area is 60.0 Å². The molecule has 1 rings (SSSR count). The summed E-state index contributed by atoms with van der Waals surface area (Å²) in [6, 6.07) is 0. The SMILES string of the molecule is COC1=NC=CN(C)[C@H]1N. The maximum Gasteiger partial charge on any atom is 0.226 e. The number of nitrogens with zero attached hydrogens (tertiary/aromatic N) is 2. The van der Waals surface area contributed by atoms with Crippen LogP contribution in [0.5, 0.6) is 0 Å². The zero-order chi connectivity index (χ0) is 7.56. The van der Waals surface area contributed by atoms with E-state index in [4.69, 9.17) is 10.5 Å². The summed E-state index contributed by atoms with van der Waals surface area (Å²) >= 11 is 0. The van der Waals surface area contributed by atoms with Crippen molar-refractivity contribution >= 4 is 5.90 Å². The number of rotatable bonds is 0. The summed E-state index contributed by atoms with van der Waals surface area (Å²) in [5, 5.41) is 0. The third kappa shape index (κ3) is 1.11. The summed E-state index contributed by atoms with van der Waals surface area (Å²) in [6.45, 7) is 0. The molecular weight excluding hydrogens is 130 g/mol. The highest BCUT2D eigenvalue weighted by atomic mass is 16.5. The number of nitrogens with two attached hydrogens (primary N) is 1. The number of aliphatic imine (C=N–C) groups is 1. The first-order valence-corrected chi connectivity index (χ1v) is 3.01. The van der Waals surface area contributed by atoms with Gasteiger partial charge in [0.1, 0.15) is 0 Å². The van der Waals surface area contributed by atoms with Gasteiger partial charge in [-0.15, -0.1) is 0 Å². The lowest BCUT2D eigenvalue weighted by atomic mass is 10.4. The van der Waals surface area contributed by atoms with Crippen molar-refractivity contribution in [1.82, 2.24) is 4.90 Å². The van der Waals surface area contributed by atoms with Gasteiger partial charge >= 0.3 is 0 Å². The number of hydrogen-bond acceptors (Lipinski definition) is 4. The molecule has 1 aliphatic rings. The van der Waals surface area contributed by atoms with Gasteiger partial charge in [-0.05, 0) is 0 Å². The van der Waals surface area contributed by atoms with Gasteiger partial charge in [-0.3, -0.25) is 0 Å². The van der Waals surface area contributed by atoms with Crippen LogP contribution in [0.4, 0.5) is 0 Å². The van der Waals surface area contributed by atoms with Gasteiger partial charge in [-0.25, -0.2) is 4.99 Å². The van der Waals surface area contributed by atoms with Gasteiger partial charge in [0.15, 0.2) is 6.17 Å². The molecule has 0 saturated heterocycles. The first-order valence-electron chi connectivity index (χ1n) is 3.01. The van der Waals surface area contributed by atoms with Crippen molar-refractivity contribution in [1.29, 1.82) is 0 Å². The van der Waals surface area contributed by atoms with Gasteiger partial charge in [0.2, 0.25) is 5.90 Å². The molecule has 56 valence electrons.